The van der Waals surface area contributed by atoms with Crippen LogP contribution in [0.3, 0.4) is 0 Å². The van der Waals surface area contributed by atoms with E-state index in [-0.39, 0.29) is 5.82 Å². The maximum atomic E-state index is 13.6. The Morgan fingerprint density at radius 1 is 1.56 bits per heavy atom. The van der Waals surface area contributed by atoms with Gasteiger partial charge in [-0.3, -0.25) is 4.90 Å². The molecule has 1 unspecified atom stereocenters. The Hall–Kier alpha value is -0.740. The van der Waals surface area contributed by atoms with Crippen molar-refractivity contribution >= 4 is 17.4 Å². The summed E-state index contributed by atoms with van der Waals surface area (Å²) in [4.78, 5) is 2.32. The van der Waals surface area contributed by atoms with Crippen LogP contribution in [0, 0.1) is 5.82 Å². The van der Waals surface area contributed by atoms with Crippen molar-refractivity contribution in [3.05, 3.63) is 29.6 Å². The van der Waals surface area contributed by atoms with Gasteiger partial charge in [-0.1, -0.05) is 6.07 Å². The van der Waals surface area contributed by atoms with E-state index >= 15 is 0 Å². The van der Waals surface area contributed by atoms with Crippen LogP contribution in [0.25, 0.3) is 0 Å². The van der Waals surface area contributed by atoms with Gasteiger partial charge in [-0.2, -0.15) is 11.8 Å². The molecule has 1 aliphatic rings. The van der Waals surface area contributed by atoms with Crippen LogP contribution in [-0.2, 0) is 6.54 Å². The van der Waals surface area contributed by atoms with Gasteiger partial charge in [0.05, 0.1) is 0 Å². The number of halogens is 1. The number of nitrogens with two attached hydrogens (primary N) is 1. The predicted molar refractivity (Wildman–Crippen MR) is 68.0 cm³/mol. The van der Waals surface area contributed by atoms with Crippen LogP contribution in [0.4, 0.5) is 10.1 Å². The first-order valence-electron chi connectivity index (χ1n) is 5.52. The van der Waals surface area contributed by atoms with E-state index in [1.807, 2.05) is 11.8 Å². The van der Waals surface area contributed by atoms with E-state index in [1.165, 1.54) is 6.07 Å². The topological polar surface area (TPSA) is 29.3 Å². The molecule has 1 aromatic rings. The molecular formula is C12H17FN2S. The lowest BCUT2D eigenvalue weighted by Gasteiger charge is -2.33. The molecule has 2 N–H and O–H groups in total. The Kier molecular flexibility index (Phi) is 3.71. The molecular weight excluding hydrogens is 223 g/mol. The summed E-state index contributed by atoms with van der Waals surface area (Å²) in [6, 6.07) is 5.48. The zero-order valence-corrected chi connectivity index (χ0v) is 10.3. The molecule has 2 rings (SSSR count). The molecule has 0 bridgehead atoms. The molecule has 1 heterocycles. The van der Waals surface area contributed by atoms with Gasteiger partial charge in [0.1, 0.15) is 5.82 Å². The van der Waals surface area contributed by atoms with E-state index in [2.05, 4.69) is 11.8 Å². The normalized spacial score (nSPS) is 22.2. The zero-order chi connectivity index (χ0) is 11.5. The van der Waals surface area contributed by atoms with Gasteiger partial charge in [-0.05, 0) is 19.1 Å². The molecule has 88 valence electrons. The summed E-state index contributed by atoms with van der Waals surface area (Å²) in [6.45, 7) is 3.92. The van der Waals surface area contributed by atoms with Crippen molar-refractivity contribution < 1.29 is 4.39 Å². The fraction of sp³-hybridized carbons (Fsp3) is 0.500. The van der Waals surface area contributed by atoms with Gasteiger partial charge < -0.3 is 5.73 Å². The summed E-state index contributed by atoms with van der Waals surface area (Å²) in [5.74, 6) is 2.09. The number of nitrogen functional groups attached to an aromatic ring is 1. The van der Waals surface area contributed by atoms with Crippen molar-refractivity contribution in [1.29, 1.82) is 0 Å². The van der Waals surface area contributed by atoms with Gasteiger partial charge >= 0.3 is 0 Å². The number of benzene rings is 1. The molecule has 1 aliphatic heterocycles. The van der Waals surface area contributed by atoms with E-state index in [0.717, 1.165) is 23.6 Å². The lowest BCUT2D eigenvalue weighted by molar-refractivity contribution is 0.221. The molecule has 1 aromatic carbocycles. The predicted octanol–water partition coefficient (Wildman–Crippen LogP) is 2.35. The van der Waals surface area contributed by atoms with E-state index in [9.17, 15) is 4.39 Å². The summed E-state index contributed by atoms with van der Waals surface area (Å²) in [6.07, 6.45) is 0. The van der Waals surface area contributed by atoms with Crippen LogP contribution in [-0.4, -0.2) is 29.0 Å². The van der Waals surface area contributed by atoms with Crippen molar-refractivity contribution in [1.82, 2.24) is 4.90 Å². The Bertz CT molecular complexity index is 370. The molecule has 0 spiro atoms. The molecule has 16 heavy (non-hydrogen) atoms. The highest BCUT2D eigenvalue weighted by molar-refractivity contribution is 7.99. The molecule has 2 nitrogen and oxygen atoms in total. The minimum absolute atomic E-state index is 0.189. The van der Waals surface area contributed by atoms with Gasteiger partial charge in [-0.15, -0.1) is 0 Å². The number of anilines is 1. The molecule has 0 radical (unpaired) electrons. The fourth-order valence-corrected chi connectivity index (χ4v) is 2.99. The van der Waals surface area contributed by atoms with E-state index < -0.39 is 0 Å². The Balaban J connectivity index is 2.07. The molecule has 0 amide bonds. The van der Waals surface area contributed by atoms with Gasteiger partial charge in [0.2, 0.25) is 0 Å². The summed E-state index contributed by atoms with van der Waals surface area (Å²) in [5, 5.41) is 0. The molecule has 0 aromatic heterocycles. The molecule has 1 fully saturated rings. The summed E-state index contributed by atoms with van der Waals surface area (Å²) >= 11 is 1.97. The minimum Gasteiger partial charge on any atom is -0.399 e. The van der Waals surface area contributed by atoms with Gasteiger partial charge in [0, 0.05) is 41.9 Å². The second kappa shape index (κ2) is 5.06. The second-order valence-corrected chi connectivity index (χ2v) is 5.40. The van der Waals surface area contributed by atoms with Crippen LogP contribution >= 0.6 is 11.8 Å². The largest absolute Gasteiger partial charge is 0.399 e. The van der Waals surface area contributed by atoms with Crippen LogP contribution < -0.4 is 5.73 Å². The Morgan fingerprint density at radius 2 is 2.38 bits per heavy atom. The monoisotopic (exact) mass is 240 g/mol. The Labute approximate surface area is 100 Å². The van der Waals surface area contributed by atoms with Gasteiger partial charge in [-0.25, -0.2) is 4.39 Å². The first-order chi connectivity index (χ1) is 7.66. The van der Waals surface area contributed by atoms with Crippen molar-refractivity contribution in [3.63, 3.8) is 0 Å². The van der Waals surface area contributed by atoms with Gasteiger partial charge in [0.15, 0.2) is 0 Å². The molecule has 1 saturated heterocycles. The van der Waals surface area contributed by atoms with Crippen molar-refractivity contribution in [2.75, 3.05) is 23.8 Å². The second-order valence-electron chi connectivity index (χ2n) is 4.25. The first-order valence-corrected chi connectivity index (χ1v) is 6.68. The smallest absolute Gasteiger partial charge is 0.129 e. The number of rotatable bonds is 2. The molecule has 0 saturated carbocycles. The van der Waals surface area contributed by atoms with Crippen LogP contribution in [0.15, 0.2) is 18.2 Å². The average molecular weight is 240 g/mol. The number of hydrogen-bond acceptors (Lipinski definition) is 3. The van der Waals surface area contributed by atoms with E-state index in [0.29, 0.717) is 18.3 Å². The zero-order valence-electron chi connectivity index (χ0n) is 9.45. The minimum atomic E-state index is -0.189. The Morgan fingerprint density at radius 3 is 3.06 bits per heavy atom. The standard InChI is InChI=1S/C12H17FN2S/c1-9-8-16-5-4-15(9)7-10-2-3-11(14)6-12(10)13/h2-3,6,9H,4-5,7-8,14H2,1H3. The molecule has 0 aliphatic carbocycles. The third-order valence-corrected chi connectivity index (χ3v) is 4.15. The summed E-state index contributed by atoms with van der Waals surface area (Å²) in [7, 11) is 0. The van der Waals surface area contributed by atoms with Crippen molar-refractivity contribution in [2.45, 2.75) is 19.5 Å². The van der Waals surface area contributed by atoms with E-state index in [1.54, 1.807) is 12.1 Å². The lowest BCUT2D eigenvalue weighted by Crippen LogP contribution is -2.39. The summed E-state index contributed by atoms with van der Waals surface area (Å²) in [5.41, 5.74) is 6.76. The maximum Gasteiger partial charge on any atom is 0.129 e. The average Bonchev–Trinajstić information content (AvgIpc) is 2.25. The lowest BCUT2D eigenvalue weighted by atomic mass is 10.1. The van der Waals surface area contributed by atoms with Crippen LogP contribution in [0.5, 0.6) is 0 Å². The number of thioether (sulfide) groups is 1. The SMILES string of the molecule is CC1CSCCN1Cc1ccc(N)cc1F. The highest BCUT2D eigenvalue weighted by Crippen LogP contribution is 2.20. The quantitative estimate of drug-likeness (QED) is 0.805. The van der Waals surface area contributed by atoms with Gasteiger partial charge in [0.25, 0.3) is 0 Å². The summed E-state index contributed by atoms with van der Waals surface area (Å²) < 4.78 is 13.6. The maximum absolute atomic E-state index is 13.6. The van der Waals surface area contributed by atoms with Crippen LogP contribution in [0.2, 0.25) is 0 Å². The molecule has 4 heteroatoms. The number of nitrogens with zero attached hydrogens (tertiary/aromatic N) is 1. The van der Waals surface area contributed by atoms with E-state index in [4.69, 9.17) is 5.73 Å². The third kappa shape index (κ3) is 2.68. The number of hydrogen-bond donors (Lipinski definition) is 1. The van der Waals surface area contributed by atoms with Crippen molar-refractivity contribution in [2.24, 2.45) is 0 Å². The van der Waals surface area contributed by atoms with Crippen LogP contribution in [0.1, 0.15) is 12.5 Å². The van der Waals surface area contributed by atoms with Crippen molar-refractivity contribution in [3.8, 4) is 0 Å². The third-order valence-electron chi connectivity index (χ3n) is 2.96. The fourth-order valence-electron chi connectivity index (χ4n) is 1.91. The highest BCUT2D eigenvalue weighted by atomic mass is 32.2. The molecule has 1 atom stereocenters. The highest BCUT2D eigenvalue weighted by Gasteiger charge is 2.19. The first kappa shape index (κ1) is 11.7.